The van der Waals surface area contributed by atoms with Gasteiger partial charge in [-0.05, 0) is 42.0 Å². The van der Waals surface area contributed by atoms with E-state index in [0.717, 1.165) is 30.9 Å². The minimum atomic E-state index is -4.89. The summed E-state index contributed by atoms with van der Waals surface area (Å²) < 4.78 is 43.7. The first-order chi connectivity index (χ1) is 18.8. The predicted octanol–water partition coefficient (Wildman–Crippen LogP) is 6.98. The lowest BCUT2D eigenvalue weighted by Crippen LogP contribution is -2.49. The van der Waals surface area contributed by atoms with Crippen LogP contribution < -0.4 is 10.1 Å². The van der Waals surface area contributed by atoms with E-state index in [4.69, 9.17) is 11.6 Å². The predicted molar refractivity (Wildman–Crippen MR) is 146 cm³/mol. The van der Waals surface area contributed by atoms with Crippen molar-refractivity contribution in [2.45, 2.75) is 83.9 Å². The SMILES string of the molecule is CC(C)(C)[C@@H]1[C@@H](NCc2cc(Cl)ccc2OC(F)(F)F)[C@@H](c2ccccc2)N(C(=O)C2CCCCC2)[C@H]1C(=O)O. The number of rotatable bonds is 7. The molecule has 2 N–H and O–H groups in total. The van der Waals surface area contributed by atoms with Crippen molar-refractivity contribution < 1.29 is 32.6 Å². The molecule has 10 heteroatoms. The second kappa shape index (κ2) is 12.0. The number of likely N-dealkylation sites (tertiary alicyclic amines) is 1. The molecular formula is C30H36ClF3N2O4. The van der Waals surface area contributed by atoms with Gasteiger partial charge in [0.1, 0.15) is 11.8 Å². The Bertz CT molecular complexity index is 1200. The zero-order valence-corrected chi connectivity index (χ0v) is 23.6. The van der Waals surface area contributed by atoms with Gasteiger partial charge in [0.25, 0.3) is 0 Å². The van der Waals surface area contributed by atoms with Crippen molar-refractivity contribution in [1.29, 1.82) is 0 Å². The Morgan fingerprint density at radius 1 is 1.05 bits per heavy atom. The number of hydrogen-bond donors (Lipinski definition) is 2. The lowest BCUT2D eigenvalue weighted by atomic mass is 9.72. The molecule has 1 aliphatic heterocycles. The lowest BCUT2D eigenvalue weighted by molar-refractivity contribution is -0.274. The number of carboxylic acid groups (broad SMARTS) is 1. The molecule has 1 amide bonds. The number of hydrogen-bond acceptors (Lipinski definition) is 4. The summed E-state index contributed by atoms with van der Waals surface area (Å²) in [6.45, 7) is 5.70. The normalized spacial score (nSPS) is 24.2. The van der Waals surface area contributed by atoms with Gasteiger partial charge in [-0.1, -0.05) is 82.0 Å². The first-order valence-corrected chi connectivity index (χ1v) is 14.0. The highest BCUT2D eigenvalue weighted by atomic mass is 35.5. The third kappa shape index (κ3) is 6.74. The number of alkyl halides is 3. The Balaban J connectivity index is 1.79. The van der Waals surface area contributed by atoms with E-state index >= 15 is 0 Å². The highest BCUT2D eigenvalue weighted by Crippen LogP contribution is 2.49. The average Bonchev–Trinajstić information content (AvgIpc) is 3.24. The number of carbonyl (C=O) groups is 2. The Morgan fingerprint density at radius 2 is 1.70 bits per heavy atom. The molecule has 2 aromatic rings. The maximum Gasteiger partial charge on any atom is 0.573 e. The summed E-state index contributed by atoms with van der Waals surface area (Å²) in [6, 6.07) is 10.8. The van der Waals surface area contributed by atoms with E-state index in [1.54, 1.807) is 4.90 Å². The van der Waals surface area contributed by atoms with Crippen LogP contribution in [0.4, 0.5) is 13.2 Å². The zero-order valence-electron chi connectivity index (χ0n) is 22.9. The second-order valence-electron chi connectivity index (χ2n) is 11.8. The molecule has 2 aliphatic rings. The molecule has 1 saturated carbocycles. The molecule has 1 saturated heterocycles. The molecule has 1 aliphatic carbocycles. The minimum absolute atomic E-state index is 0.0790. The minimum Gasteiger partial charge on any atom is -0.480 e. The van der Waals surface area contributed by atoms with Crippen molar-refractivity contribution in [3.05, 3.63) is 64.7 Å². The van der Waals surface area contributed by atoms with Gasteiger partial charge in [0.2, 0.25) is 5.91 Å². The number of halogens is 4. The molecule has 40 heavy (non-hydrogen) atoms. The number of aliphatic carboxylic acids is 1. The van der Waals surface area contributed by atoms with E-state index in [-0.39, 0.29) is 29.0 Å². The summed E-state index contributed by atoms with van der Waals surface area (Å²) in [6.07, 6.45) is -0.596. The van der Waals surface area contributed by atoms with Crippen molar-refractivity contribution in [2.24, 2.45) is 17.3 Å². The van der Waals surface area contributed by atoms with Gasteiger partial charge in [0, 0.05) is 35.0 Å². The molecule has 0 unspecified atom stereocenters. The van der Waals surface area contributed by atoms with E-state index in [2.05, 4.69) is 10.1 Å². The molecule has 0 bridgehead atoms. The molecule has 4 rings (SSSR count). The van der Waals surface area contributed by atoms with E-state index < -0.39 is 47.5 Å². The zero-order chi connectivity index (χ0) is 29.2. The number of carbonyl (C=O) groups excluding carboxylic acids is 1. The number of nitrogens with one attached hydrogen (secondary N) is 1. The van der Waals surface area contributed by atoms with Gasteiger partial charge in [0.15, 0.2) is 0 Å². The lowest BCUT2D eigenvalue weighted by Gasteiger charge is -2.36. The van der Waals surface area contributed by atoms with Gasteiger partial charge in [-0.25, -0.2) is 4.79 Å². The third-order valence-corrected chi connectivity index (χ3v) is 8.28. The van der Waals surface area contributed by atoms with Crippen LogP contribution >= 0.6 is 11.6 Å². The number of ether oxygens (including phenoxy) is 1. The highest BCUT2D eigenvalue weighted by Gasteiger charge is 2.58. The van der Waals surface area contributed by atoms with Gasteiger partial charge >= 0.3 is 12.3 Å². The van der Waals surface area contributed by atoms with Crippen LogP contribution in [-0.2, 0) is 16.1 Å². The molecule has 1 heterocycles. The standard InChI is InChI=1S/C30H36ClF3N2O4/c1-29(2,3)23-24(35-17-20-16-21(31)14-15-22(20)40-30(32,33)34)25(18-10-6-4-7-11-18)36(26(23)28(38)39)27(37)19-12-8-5-9-13-19/h4,6-7,10-11,14-16,19,23-26,35H,5,8-9,12-13,17H2,1-3H3,(H,38,39)/t23-,24-,25-,26-/m1/s1. The van der Waals surface area contributed by atoms with Crippen LogP contribution in [0.3, 0.4) is 0 Å². The molecule has 218 valence electrons. The second-order valence-corrected chi connectivity index (χ2v) is 12.3. The van der Waals surface area contributed by atoms with Crippen molar-refractivity contribution in [1.82, 2.24) is 10.2 Å². The molecule has 2 aromatic carbocycles. The maximum atomic E-state index is 14.1. The number of nitrogens with zero attached hydrogens (tertiary/aromatic N) is 1. The molecule has 6 nitrogen and oxygen atoms in total. The average molecular weight is 581 g/mol. The third-order valence-electron chi connectivity index (χ3n) is 8.05. The van der Waals surface area contributed by atoms with Crippen LogP contribution in [0.5, 0.6) is 5.75 Å². The van der Waals surface area contributed by atoms with Gasteiger partial charge in [0.05, 0.1) is 6.04 Å². The van der Waals surface area contributed by atoms with E-state index in [1.165, 1.54) is 12.1 Å². The first-order valence-electron chi connectivity index (χ1n) is 13.7. The number of amides is 1. The first kappa shape index (κ1) is 30.2. The van der Waals surface area contributed by atoms with Gasteiger partial charge in [-0.3, -0.25) is 4.79 Å². The van der Waals surface area contributed by atoms with Crippen LogP contribution in [0.1, 0.15) is 70.0 Å². The fourth-order valence-corrected chi connectivity index (χ4v) is 6.62. The van der Waals surface area contributed by atoms with Crippen LogP contribution in [-0.4, -0.2) is 40.3 Å². The smallest absolute Gasteiger partial charge is 0.480 e. The van der Waals surface area contributed by atoms with Crippen LogP contribution in [0.15, 0.2) is 48.5 Å². The molecule has 0 aromatic heterocycles. The largest absolute Gasteiger partial charge is 0.573 e. The summed E-state index contributed by atoms with van der Waals surface area (Å²) >= 11 is 6.13. The van der Waals surface area contributed by atoms with Crippen molar-refractivity contribution in [3.8, 4) is 5.75 Å². The summed E-state index contributed by atoms with van der Waals surface area (Å²) in [4.78, 5) is 28.6. The summed E-state index contributed by atoms with van der Waals surface area (Å²) in [5, 5.41) is 14.2. The molecule has 0 spiro atoms. The Kier molecular flexibility index (Phi) is 9.05. The fraction of sp³-hybridized carbons (Fsp3) is 0.533. The van der Waals surface area contributed by atoms with Gasteiger partial charge in [-0.15, -0.1) is 13.2 Å². The molecular weight excluding hydrogens is 545 g/mol. The molecule has 0 radical (unpaired) electrons. The van der Waals surface area contributed by atoms with Crippen molar-refractivity contribution in [3.63, 3.8) is 0 Å². The summed E-state index contributed by atoms with van der Waals surface area (Å²) in [7, 11) is 0. The fourth-order valence-electron chi connectivity index (χ4n) is 6.43. The van der Waals surface area contributed by atoms with Crippen LogP contribution in [0.2, 0.25) is 5.02 Å². The summed E-state index contributed by atoms with van der Waals surface area (Å²) in [5.74, 6) is -2.49. The summed E-state index contributed by atoms with van der Waals surface area (Å²) in [5.41, 5.74) is 0.364. The van der Waals surface area contributed by atoms with Crippen LogP contribution in [0.25, 0.3) is 0 Å². The van der Waals surface area contributed by atoms with Crippen LogP contribution in [0, 0.1) is 17.3 Å². The number of carboxylic acids is 1. The van der Waals surface area contributed by atoms with Gasteiger partial charge < -0.3 is 20.1 Å². The van der Waals surface area contributed by atoms with Gasteiger partial charge in [-0.2, -0.15) is 0 Å². The molecule has 2 fully saturated rings. The monoisotopic (exact) mass is 580 g/mol. The van der Waals surface area contributed by atoms with E-state index in [0.29, 0.717) is 12.8 Å². The van der Waals surface area contributed by atoms with E-state index in [9.17, 15) is 27.9 Å². The quantitative estimate of drug-likeness (QED) is 0.369. The van der Waals surface area contributed by atoms with Crippen molar-refractivity contribution >= 4 is 23.5 Å². The van der Waals surface area contributed by atoms with E-state index in [1.807, 2.05) is 51.1 Å². The highest BCUT2D eigenvalue weighted by molar-refractivity contribution is 6.30. The Labute approximate surface area is 237 Å². The maximum absolute atomic E-state index is 14.1. The number of benzene rings is 2. The molecule has 4 atom stereocenters. The van der Waals surface area contributed by atoms with Crippen molar-refractivity contribution in [2.75, 3.05) is 0 Å². The topological polar surface area (TPSA) is 78.9 Å². The Morgan fingerprint density at radius 3 is 2.27 bits per heavy atom. The Hall–Kier alpha value is -2.78.